The van der Waals surface area contributed by atoms with Crippen molar-refractivity contribution in [2.45, 2.75) is 74.2 Å². The molecule has 5 heterocycles. The van der Waals surface area contributed by atoms with Gasteiger partial charge in [-0.05, 0) is 63.2 Å². The summed E-state index contributed by atoms with van der Waals surface area (Å²) in [6.45, 7) is 2.67. The standard InChI is InChI=1S/C34H43F5N6O3S2/c1-50(47,48)44-16-10-30-27(22-44)32(41-45(30)21-26(46)20-42-14-8-24(9-15-42)29-5-2-3-12-40-29)25-6-7-28(34(37,38)39)31(19-25)49-18-17-43-13-4-11-33(35,36)23-43/h2-3,5-7,12,19,24,26,46H,4,8-11,13-18,20-23H2,1H3/t26-/m0/s1. The van der Waals surface area contributed by atoms with Crippen molar-refractivity contribution in [1.82, 2.24) is 28.9 Å². The summed E-state index contributed by atoms with van der Waals surface area (Å²) in [6, 6.07) is 9.67. The lowest BCUT2D eigenvalue weighted by Gasteiger charge is -2.33. The number of fused-ring (bicyclic) bond motifs is 1. The van der Waals surface area contributed by atoms with Crippen LogP contribution in [0.4, 0.5) is 22.0 Å². The maximum atomic E-state index is 14.1. The molecule has 0 aliphatic carbocycles. The maximum absolute atomic E-state index is 14.1. The van der Waals surface area contributed by atoms with E-state index in [0.717, 1.165) is 61.4 Å². The molecule has 1 aromatic carbocycles. The Morgan fingerprint density at radius 1 is 1.06 bits per heavy atom. The Bertz CT molecular complexity index is 1730. The Hall–Kier alpha value is -2.63. The Kier molecular flexibility index (Phi) is 11.3. The second-order valence-electron chi connectivity index (χ2n) is 13.6. The average Bonchev–Trinajstić information content (AvgIpc) is 3.41. The number of thioether (sulfide) groups is 1. The lowest BCUT2D eigenvalue weighted by atomic mass is 9.93. The topological polar surface area (TPSA) is 94.8 Å². The largest absolute Gasteiger partial charge is 0.417 e. The van der Waals surface area contributed by atoms with E-state index in [2.05, 4.69) is 9.88 Å². The average molecular weight is 743 g/mol. The number of pyridine rings is 1. The highest BCUT2D eigenvalue weighted by Gasteiger charge is 2.37. The monoisotopic (exact) mass is 742 g/mol. The number of hydrogen-bond acceptors (Lipinski definition) is 8. The van der Waals surface area contributed by atoms with E-state index in [1.165, 1.54) is 16.4 Å². The van der Waals surface area contributed by atoms with Gasteiger partial charge in [0.1, 0.15) is 0 Å². The summed E-state index contributed by atoms with van der Waals surface area (Å²) in [4.78, 5) is 8.23. The smallest absolute Gasteiger partial charge is 0.390 e. The highest BCUT2D eigenvalue weighted by Crippen LogP contribution is 2.41. The van der Waals surface area contributed by atoms with Crippen LogP contribution in [0.2, 0.25) is 0 Å². The van der Waals surface area contributed by atoms with Crippen LogP contribution in [0.15, 0.2) is 47.5 Å². The van der Waals surface area contributed by atoms with E-state index < -0.39 is 40.3 Å². The molecule has 1 atom stereocenters. The number of nitrogens with zero attached hydrogens (tertiary/aromatic N) is 6. The van der Waals surface area contributed by atoms with E-state index in [1.807, 2.05) is 18.2 Å². The minimum atomic E-state index is -4.64. The van der Waals surface area contributed by atoms with Gasteiger partial charge in [-0.25, -0.2) is 17.2 Å². The predicted molar refractivity (Wildman–Crippen MR) is 182 cm³/mol. The van der Waals surface area contributed by atoms with Crippen molar-refractivity contribution in [1.29, 1.82) is 0 Å². The number of aliphatic hydroxyl groups is 1. The molecule has 0 saturated carbocycles. The molecule has 50 heavy (non-hydrogen) atoms. The first kappa shape index (κ1) is 37.1. The highest BCUT2D eigenvalue weighted by molar-refractivity contribution is 7.99. The molecule has 3 aliphatic heterocycles. The molecule has 0 amide bonds. The van der Waals surface area contributed by atoms with Crippen molar-refractivity contribution in [3.63, 3.8) is 0 Å². The number of hydrogen-bond donors (Lipinski definition) is 1. The summed E-state index contributed by atoms with van der Waals surface area (Å²) >= 11 is 0.957. The van der Waals surface area contributed by atoms with Crippen LogP contribution < -0.4 is 0 Å². The van der Waals surface area contributed by atoms with Crippen LogP contribution in [0.25, 0.3) is 11.3 Å². The van der Waals surface area contributed by atoms with Crippen molar-refractivity contribution in [2.75, 3.05) is 57.8 Å². The number of piperidine rings is 2. The van der Waals surface area contributed by atoms with Gasteiger partial charge < -0.3 is 10.0 Å². The Morgan fingerprint density at radius 3 is 2.52 bits per heavy atom. The molecule has 6 rings (SSSR count). The van der Waals surface area contributed by atoms with Crippen LogP contribution in [0.1, 0.15) is 54.1 Å². The number of rotatable bonds is 11. The molecule has 0 spiro atoms. The van der Waals surface area contributed by atoms with Crippen LogP contribution in [0.5, 0.6) is 0 Å². The number of alkyl halides is 5. The quantitative estimate of drug-likeness (QED) is 0.208. The Morgan fingerprint density at radius 2 is 1.84 bits per heavy atom. The normalized spacial score (nSPS) is 20.5. The minimum Gasteiger partial charge on any atom is -0.390 e. The lowest BCUT2D eigenvalue weighted by Crippen LogP contribution is -2.43. The fraction of sp³-hybridized carbons (Fsp3) is 0.588. The number of likely N-dealkylation sites (tertiary alicyclic amines) is 2. The molecule has 2 saturated heterocycles. The first-order chi connectivity index (χ1) is 23.7. The van der Waals surface area contributed by atoms with Gasteiger partial charge in [0.25, 0.3) is 5.92 Å². The van der Waals surface area contributed by atoms with Crippen LogP contribution in [-0.4, -0.2) is 112 Å². The highest BCUT2D eigenvalue weighted by atomic mass is 32.2. The number of β-amino-alcohol motifs (C(OH)–C–C–N with tert-alkyl or cyclic N) is 1. The Labute approximate surface area is 293 Å². The van der Waals surface area contributed by atoms with E-state index in [-0.39, 0.29) is 43.2 Å². The molecule has 0 bridgehead atoms. The number of benzene rings is 1. The number of aromatic nitrogens is 3. The first-order valence-electron chi connectivity index (χ1n) is 17.0. The van der Waals surface area contributed by atoms with Crippen LogP contribution >= 0.6 is 11.8 Å². The molecular weight excluding hydrogens is 700 g/mol. The SMILES string of the molecule is CS(=O)(=O)N1CCc2c(c(-c3ccc(C(F)(F)F)c(SCCN4CCCC(F)(F)C4)c3)nn2C[C@@H](O)CN2CCC(c3ccccn3)CC2)C1. The summed E-state index contributed by atoms with van der Waals surface area (Å²) in [5, 5.41) is 16.0. The lowest BCUT2D eigenvalue weighted by molar-refractivity contribution is -0.139. The zero-order chi connectivity index (χ0) is 35.7. The van der Waals surface area contributed by atoms with Gasteiger partial charge in [0.05, 0.1) is 36.7 Å². The molecular formula is C34H43F5N6O3S2. The van der Waals surface area contributed by atoms with Gasteiger partial charge in [-0.3, -0.25) is 14.6 Å². The molecule has 0 unspecified atom stereocenters. The summed E-state index contributed by atoms with van der Waals surface area (Å²) in [6.07, 6.45) is -0.185. The molecule has 2 aromatic heterocycles. The van der Waals surface area contributed by atoms with Crippen LogP contribution in [-0.2, 0) is 35.7 Å². The third-order valence-corrected chi connectivity index (χ3v) is 12.1. The molecule has 3 aromatic rings. The Balaban J connectivity index is 1.21. The van der Waals surface area contributed by atoms with E-state index in [1.54, 1.807) is 15.8 Å². The summed E-state index contributed by atoms with van der Waals surface area (Å²) < 4.78 is 98.2. The molecule has 2 fully saturated rings. The summed E-state index contributed by atoms with van der Waals surface area (Å²) in [5.74, 6) is -2.26. The van der Waals surface area contributed by atoms with Gasteiger partial charge in [-0.1, -0.05) is 12.1 Å². The molecule has 3 aliphatic rings. The van der Waals surface area contributed by atoms with E-state index in [4.69, 9.17) is 5.10 Å². The van der Waals surface area contributed by atoms with Crippen LogP contribution in [0.3, 0.4) is 0 Å². The fourth-order valence-corrected chi connectivity index (χ4v) is 9.17. The fourth-order valence-electron chi connectivity index (χ4n) is 7.26. The molecule has 0 radical (unpaired) electrons. The van der Waals surface area contributed by atoms with Gasteiger partial charge in [-0.15, -0.1) is 11.8 Å². The zero-order valence-electron chi connectivity index (χ0n) is 28.0. The first-order valence-corrected chi connectivity index (χ1v) is 19.8. The van der Waals surface area contributed by atoms with Crippen molar-refractivity contribution in [2.24, 2.45) is 0 Å². The summed E-state index contributed by atoms with van der Waals surface area (Å²) in [5.41, 5.74) is 2.33. The molecule has 1 N–H and O–H groups in total. The molecule has 16 heteroatoms. The number of halogens is 5. The van der Waals surface area contributed by atoms with Crippen molar-refractivity contribution < 1.29 is 35.5 Å². The van der Waals surface area contributed by atoms with Gasteiger partial charge in [0.15, 0.2) is 0 Å². The zero-order valence-corrected chi connectivity index (χ0v) is 29.6. The third-order valence-electron chi connectivity index (χ3n) is 9.81. The van der Waals surface area contributed by atoms with Crippen LogP contribution in [0, 0.1) is 0 Å². The predicted octanol–water partition coefficient (Wildman–Crippen LogP) is 5.35. The molecule has 9 nitrogen and oxygen atoms in total. The van der Waals surface area contributed by atoms with E-state index in [0.29, 0.717) is 48.7 Å². The number of aliphatic hydroxyl groups excluding tert-OH is 1. The van der Waals surface area contributed by atoms with Gasteiger partial charge in [0.2, 0.25) is 10.0 Å². The minimum absolute atomic E-state index is 0.00724. The summed E-state index contributed by atoms with van der Waals surface area (Å²) in [7, 11) is -3.57. The molecule has 274 valence electrons. The maximum Gasteiger partial charge on any atom is 0.417 e. The van der Waals surface area contributed by atoms with Crippen molar-refractivity contribution in [3.05, 3.63) is 65.1 Å². The number of sulfonamides is 1. The third kappa shape index (κ3) is 9.05. The second kappa shape index (κ2) is 15.2. The van der Waals surface area contributed by atoms with E-state index in [9.17, 15) is 35.5 Å². The van der Waals surface area contributed by atoms with Gasteiger partial charge in [-0.2, -0.15) is 22.6 Å². The van der Waals surface area contributed by atoms with Crippen molar-refractivity contribution in [3.8, 4) is 11.3 Å². The van der Waals surface area contributed by atoms with Crippen molar-refractivity contribution >= 4 is 21.8 Å². The van der Waals surface area contributed by atoms with E-state index >= 15 is 0 Å². The second-order valence-corrected chi connectivity index (χ2v) is 16.7. The van der Waals surface area contributed by atoms with Gasteiger partial charge in [0, 0.05) is 84.3 Å². The van der Waals surface area contributed by atoms with Gasteiger partial charge >= 0.3 is 6.18 Å².